The van der Waals surface area contributed by atoms with E-state index in [1.807, 2.05) is 30.5 Å². The number of hydrogen-bond acceptors (Lipinski definition) is 10. The summed E-state index contributed by atoms with van der Waals surface area (Å²) in [5.74, 6) is 2.29. The van der Waals surface area contributed by atoms with Gasteiger partial charge < -0.3 is 19.7 Å². The quantitative estimate of drug-likeness (QED) is 0.383. The Morgan fingerprint density at radius 3 is 2.64 bits per heavy atom. The van der Waals surface area contributed by atoms with Crippen molar-refractivity contribution in [1.82, 2.24) is 25.6 Å². The van der Waals surface area contributed by atoms with Crippen molar-refractivity contribution in [2.75, 3.05) is 38.8 Å². The van der Waals surface area contributed by atoms with E-state index in [9.17, 15) is 9.59 Å². The van der Waals surface area contributed by atoms with Gasteiger partial charge in [0, 0.05) is 43.7 Å². The third-order valence-corrected chi connectivity index (χ3v) is 7.56. The lowest BCUT2D eigenvalue weighted by atomic mass is 9.97. The Hall–Kier alpha value is -3.96. The molecule has 0 spiro atoms. The first kappa shape index (κ1) is 26.6. The molecule has 2 aliphatic rings. The lowest BCUT2D eigenvalue weighted by Crippen LogP contribution is -2.38. The van der Waals surface area contributed by atoms with Crippen molar-refractivity contribution in [1.29, 1.82) is 0 Å². The Balaban J connectivity index is 1.10. The fourth-order valence-electron chi connectivity index (χ4n) is 4.61. The van der Waals surface area contributed by atoms with E-state index in [1.54, 1.807) is 32.6 Å². The Bertz CT molecular complexity index is 1370. The second kappa shape index (κ2) is 12.3. The Kier molecular flexibility index (Phi) is 8.38. The molecule has 0 aliphatic carbocycles. The number of piperidine rings is 1. The Morgan fingerprint density at radius 2 is 1.95 bits per heavy atom. The van der Waals surface area contributed by atoms with Crippen LogP contribution < -0.4 is 25.0 Å². The van der Waals surface area contributed by atoms with E-state index >= 15 is 0 Å². The predicted octanol–water partition coefficient (Wildman–Crippen LogP) is 3.89. The van der Waals surface area contributed by atoms with Crippen molar-refractivity contribution < 1.29 is 19.1 Å². The second-order valence-corrected chi connectivity index (χ2v) is 10.3. The zero-order chi connectivity index (χ0) is 27.2. The molecule has 39 heavy (non-hydrogen) atoms. The van der Waals surface area contributed by atoms with Gasteiger partial charge in [0.15, 0.2) is 0 Å². The number of nitrogens with one attached hydrogen (secondary N) is 2. The molecule has 5 rings (SSSR count). The second-order valence-electron chi connectivity index (χ2n) is 9.31. The molecule has 2 aromatic heterocycles. The fourth-order valence-corrected chi connectivity index (χ4v) is 5.27. The van der Waals surface area contributed by atoms with Crippen LogP contribution in [0, 0.1) is 5.92 Å². The number of benzene rings is 1. The number of nitrogens with zero attached hydrogens (tertiary/aromatic N) is 4. The SMILES string of the molecule is COc1ccc(-c2ccc(CNCC3CCN(c4nccc(/C=C5\SC(=O)NC5=O)n4)CC3)cn2)c(OC)c1. The number of aromatic nitrogens is 3. The third-order valence-electron chi connectivity index (χ3n) is 6.75. The maximum absolute atomic E-state index is 11.8. The summed E-state index contributed by atoms with van der Waals surface area (Å²) >= 11 is 0.886. The number of ether oxygens (including phenoxy) is 2. The maximum atomic E-state index is 11.8. The van der Waals surface area contributed by atoms with Crippen molar-refractivity contribution in [3.63, 3.8) is 0 Å². The maximum Gasteiger partial charge on any atom is 0.290 e. The average molecular weight is 547 g/mol. The number of hydrogen-bond donors (Lipinski definition) is 2. The summed E-state index contributed by atoms with van der Waals surface area (Å²) in [5.41, 5.74) is 3.51. The van der Waals surface area contributed by atoms with Gasteiger partial charge in [0.05, 0.1) is 30.5 Å². The van der Waals surface area contributed by atoms with E-state index in [1.165, 1.54) is 0 Å². The molecular formula is C28H30N6O4S. The van der Waals surface area contributed by atoms with Crippen LogP contribution in [0.3, 0.4) is 0 Å². The number of imide groups is 1. The number of pyridine rings is 1. The molecule has 11 heteroatoms. The number of anilines is 1. The van der Waals surface area contributed by atoms with Crippen molar-refractivity contribution >= 4 is 34.9 Å². The molecule has 0 bridgehead atoms. The monoisotopic (exact) mass is 546 g/mol. The molecule has 0 saturated carbocycles. The summed E-state index contributed by atoms with van der Waals surface area (Å²) < 4.78 is 10.8. The first-order valence-electron chi connectivity index (χ1n) is 12.7. The van der Waals surface area contributed by atoms with Gasteiger partial charge in [-0.2, -0.15) is 0 Å². The van der Waals surface area contributed by atoms with Crippen molar-refractivity contribution in [3.8, 4) is 22.8 Å². The third kappa shape index (κ3) is 6.55. The van der Waals surface area contributed by atoms with E-state index in [-0.39, 0.29) is 11.1 Å². The zero-order valence-corrected chi connectivity index (χ0v) is 22.7. The standard InChI is InChI=1S/C28H30N6O4S/c1-37-21-4-5-22(24(14-21)38-2)23-6-3-19(17-31-23)16-29-15-18-8-11-34(12-9-18)27-30-10-7-20(32-27)13-25-26(35)33-28(36)39-25/h3-7,10,13-14,17-18,29H,8-9,11-12,15-16H2,1-2H3,(H,33,35,36)/b25-13-. The molecule has 0 unspecified atom stereocenters. The molecule has 1 aromatic carbocycles. The predicted molar refractivity (Wildman–Crippen MR) is 151 cm³/mol. The molecule has 3 aromatic rings. The summed E-state index contributed by atoms with van der Waals surface area (Å²) in [5, 5.41) is 5.47. The molecule has 0 radical (unpaired) electrons. The zero-order valence-electron chi connectivity index (χ0n) is 21.8. The van der Waals surface area contributed by atoms with Gasteiger partial charge >= 0.3 is 0 Å². The topological polar surface area (TPSA) is 119 Å². The van der Waals surface area contributed by atoms with Crippen LogP contribution in [0.2, 0.25) is 0 Å². The first-order chi connectivity index (χ1) is 19.0. The molecule has 202 valence electrons. The smallest absolute Gasteiger partial charge is 0.290 e. The van der Waals surface area contributed by atoms with Crippen LogP contribution in [0.1, 0.15) is 24.1 Å². The Labute approximate surface area is 231 Å². The van der Waals surface area contributed by atoms with Gasteiger partial charge in [-0.05, 0) is 73.0 Å². The summed E-state index contributed by atoms with van der Waals surface area (Å²) in [6.45, 7) is 3.40. The fraction of sp³-hybridized carbons (Fsp3) is 0.321. The molecule has 2 fully saturated rings. The highest BCUT2D eigenvalue weighted by molar-refractivity contribution is 8.18. The molecular weight excluding hydrogens is 516 g/mol. The minimum atomic E-state index is -0.386. The highest BCUT2D eigenvalue weighted by atomic mass is 32.2. The van der Waals surface area contributed by atoms with Crippen LogP contribution in [0.5, 0.6) is 11.5 Å². The van der Waals surface area contributed by atoms with Gasteiger partial charge in [-0.3, -0.25) is 19.9 Å². The highest BCUT2D eigenvalue weighted by Crippen LogP contribution is 2.32. The molecule has 10 nitrogen and oxygen atoms in total. The minimum Gasteiger partial charge on any atom is -0.497 e. The number of thioether (sulfide) groups is 1. The van der Waals surface area contributed by atoms with E-state index in [4.69, 9.17) is 9.47 Å². The number of methoxy groups -OCH3 is 2. The lowest BCUT2D eigenvalue weighted by molar-refractivity contribution is -0.115. The molecule has 0 atom stereocenters. The highest BCUT2D eigenvalue weighted by Gasteiger charge is 2.26. The van der Waals surface area contributed by atoms with Crippen LogP contribution in [0.15, 0.2) is 53.7 Å². The summed E-state index contributed by atoms with van der Waals surface area (Å²) in [6, 6.07) is 11.6. The van der Waals surface area contributed by atoms with Crippen molar-refractivity contribution in [2.45, 2.75) is 19.4 Å². The van der Waals surface area contributed by atoms with Gasteiger partial charge in [-0.25, -0.2) is 9.97 Å². The van der Waals surface area contributed by atoms with E-state index in [2.05, 4.69) is 36.6 Å². The molecule has 4 heterocycles. The molecule has 2 N–H and O–H groups in total. The van der Waals surface area contributed by atoms with Gasteiger partial charge in [0.25, 0.3) is 11.1 Å². The summed E-state index contributed by atoms with van der Waals surface area (Å²) in [7, 11) is 3.28. The lowest BCUT2D eigenvalue weighted by Gasteiger charge is -2.32. The number of carbonyl (C=O) groups excluding carboxylic acids is 2. The molecule has 2 amide bonds. The van der Waals surface area contributed by atoms with Gasteiger partial charge in [-0.1, -0.05) is 6.07 Å². The van der Waals surface area contributed by atoms with Gasteiger partial charge in [-0.15, -0.1) is 0 Å². The van der Waals surface area contributed by atoms with E-state index in [0.29, 0.717) is 22.5 Å². The molecule has 2 saturated heterocycles. The first-order valence-corrected chi connectivity index (χ1v) is 13.5. The number of carbonyl (C=O) groups is 2. The minimum absolute atomic E-state index is 0.347. The van der Waals surface area contributed by atoms with Gasteiger partial charge in [0.1, 0.15) is 11.5 Å². The summed E-state index contributed by atoms with van der Waals surface area (Å²) in [4.78, 5) is 39.4. The van der Waals surface area contributed by atoms with Gasteiger partial charge in [0.2, 0.25) is 5.95 Å². The Morgan fingerprint density at radius 1 is 1.10 bits per heavy atom. The van der Waals surface area contributed by atoms with Crippen LogP contribution >= 0.6 is 11.8 Å². The van der Waals surface area contributed by atoms with E-state index < -0.39 is 0 Å². The van der Waals surface area contributed by atoms with E-state index in [0.717, 1.165) is 79.1 Å². The number of amides is 2. The molecule has 2 aliphatic heterocycles. The van der Waals surface area contributed by atoms with Crippen molar-refractivity contribution in [2.24, 2.45) is 5.92 Å². The van der Waals surface area contributed by atoms with Crippen LogP contribution in [-0.2, 0) is 11.3 Å². The van der Waals surface area contributed by atoms with Crippen LogP contribution in [0.25, 0.3) is 17.3 Å². The number of rotatable bonds is 9. The van der Waals surface area contributed by atoms with Crippen LogP contribution in [0.4, 0.5) is 10.7 Å². The normalized spacial score (nSPS) is 17.0. The van der Waals surface area contributed by atoms with Crippen molar-refractivity contribution in [3.05, 3.63) is 65.0 Å². The van der Waals surface area contributed by atoms with Crippen LogP contribution in [-0.4, -0.2) is 60.0 Å². The average Bonchev–Trinajstić information content (AvgIpc) is 3.29. The largest absolute Gasteiger partial charge is 0.497 e. The summed E-state index contributed by atoms with van der Waals surface area (Å²) in [6.07, 6.45) is 7.27.